The molecule has 1 rings (SSSR count). The van der Waals surface area contributed by atoms with Crippen LogP contribution >= 0.6 is 0 Å². The fraction of sp³-hybridized carbons (Fsp3) is 0.583. The molecule has 90 valence electrons. The van der Waals surface area contributed by atoms with Crippen LogP contribution in [0.4, 0.5) is 0 Å². The predicted molar refractivity (Wildman–Crippen MR) is 63.0 cm³/mol. The predicted octanol–water partition coefficient (Wildman–Crippen LogP) is 1.58. The van der Waals surface area contributed by atoms with Crippen molar-refractivity contribution < 1.29 is 9.21 Å². The Morgan fingerprint density at radius 2 is 2.19 bits per heavy atom. The van der Waals surface area contributed by atoms with E-state index in [1.807, 2.05) is 30.9 Å². The summed E-state index contributed by atoms with van der Waals surface area (Å²) in [4.78, 5) is 13.7. The monoisotopic (exact) mass is 224 g/mol. The second-order valence-electron chi connectivity index (χ2n) is 3.72. The summed E-state index contributed by atoms with van der Waals surface area (Å²) in [6.07, 6.45) is 2.03. The molecule has 2 N–H and O–H groups in total. The van der Waals surface area contributed by atoms with Crippen LogP contribution in [0.3, 0.4) is 0 Å². The van der Waals surface area contributed by atoms with Gasteiger partial charge in [-0.3, -0.25) is 4.79 Å². The quantitative estimate of drug-likeness (QED) is 0.798. The molecule has 0 radical (unpaired) electrons. The van der Waals surface area contributed by atoms with Crippen LogP contribution in [0, 0.1) is 0 Å². The molecule has 1 unspecified atom stereocenters. The molecular weight excluding hydrogens is 204 g/mol. The van der Waals surface area contributed by atoms with Crippen molar-refractivity contribution in [3.63, 3.8) is 0 Å². The summed E-state index contributed by atoms with van der Waals surface area (Å²) in [5.74, 6) is 0.919. The SMILES string of the molecule is CCN(CC)C(=O)CC(CN)c1ccco1. The minimum absolute atomic E-state index is 0.0110. The molecule has 0 saturated heterocycles. The van der Waals surface area contributed by atoms with Gasteiger partial charge < -0.3 is 15.1 Å². The number of carbonyl (C=O) groups is 1. The highest BCUT2D eigenvalue weighted by molar-refractivity contribution is 5.77. The highest BCUT2D eigenvalue weighted by atomic mass is 16.3. The second-order valence-corrected chi connectivity index (χ2v) is 3.72. The lowest BCUT2D eigenvalue weighted by atomic mass is 10.0. The van der Waals surface area contributed by atoms with Crippen molar-refractivity contribution in [2.75, 3.05) is 19.6 Å². The fourth-order valence-electron chi connectivity index (χ4n) is 1.74. The van der Waals surface area contributed by atoms with Crippen LogP contribution in [0.15, 0.2) is 22.8 Å². The van der Waals surface area contributed by atoms with Crippen LogP contribution in [-0.4, -0.2) is 30.4 Å². The Morgan fingerprint density at radius 1 is 1.50 bits per heavy atom. The lowest BCUT2D eigenvalue weighted by Gasteiger charge is -2.21. The van der Waals surface area contributed by atoms with Crippen molar-refractivity contribution >= 4 is 5.91 Å². The van der Waals surface area contributed by atoms with Gasteiger partial charge in [0.2, 0.25) is 5.91 Å². The minimum Gasteiger partial charge on any atom is -0.469 e. The van der Waals surface area contributed by atoms with Gasteiger partial charge in [0.1, 0.15) is 5.76 Å². The molecule has 4 heteroatoms. The Morgan fingerprint density at radius 3 is 2.62 bits per heavy atom. The Kier molecular flexibility index (Phi) is 5.05. The third-order valence-corrected chi connectivity index (χ3v) is 2.77. The van der Waals surface area contributed by atoms with Gasteiger partial charge in [-0.05, 0) is 26.0 Å². The van der Waals surface area contributed by atoms with Gasteiger partial charge in [0, 0.05) is 32.0 Å². The zero-order chi connectivity index (χ0) is 12.0. The van der Waals surface area contributed by atoms with Gasteiger partial charge in [0.05, 0.1) is 6.26 Å². The first kappa shape index (κ1) is 12.8. The van der Waals surface area contributed by atoms with Crippen LogP contribution in [0.25, 0.3) is 0 Å². The summed E-state index contributed by atoms with van der Waals surface area (Å²) in [7, 11) is 0. The van der Waals surface area contributed by atoms with Gasteiger partial charge in [-0.1, -0.05) is 0 Å². The molecule has 1 heterocycles. The van der Waals surface area contributed by atoms with Crippen molar-refractivity contribution in [1.82, 2.24) is 4.90 Å². The molecule has 0 aromatic carbocycles. The van der Waals surface area contributed by atoms with Crippen molar-refractivity contribution in [2.45, 2.75) is 26.2 Å². The van der Waals surface area contributed by atoms with E-state index < -0.39 is 0 Å². The average molecular weight is 224 g/mol. The first-order valence-electron chi connectivity index (χ1n) is 5.74. The average Bonchev–Trinajstić information content (AvgIpc) is 2.81. The van der Waals surface area contributed by atoms with Crippen molar-refractivity contribution in [1.29, 1.82) is 0 Å². The number of amides is 1. The minimum atomic E-state index is -0.0110. The lowest BCUT2D eigenvalue weighted by Crippen LogP contribution is -2.32. The van der Waals surface area contributed by atoms with Gasteiger partial charge in [-0.15, -0.1) is 0 Å². The first-order valence-corrected chi connectivity index (χ1v) is 5.74. The number of furan rings is 1. The molecule has 1 amide bonds. The Balaban J connectivity index is 2.60. The van der Waals surface area contributed by atoms with Crippen LogP contribution in [-0.2, 0) is 4.79 Å². The van der Waals surface area contributed by atoms with Crippen molar-refractivity contribution in [2.24, 2.45) is 5.73 Å². The van der Waals surface area contributed by atoms with E-state index in [0.717, 1.165) is 18.8 Å². The van der Waals surface area contributed by atoms with Gasteiger partial charge in [-0.2, -0.15) is 0 Å². The highest BCUT2D eigenvalue weighted by Crippen LogP contribution is 2.19. The number of nitrogens with zero attached hydrogens (tertiary/aromatic N) is 1. The highest BCUT2D eigenvalue weighted by Gasteiger charge is 2.19. The number of hydrogen-bond donors (Lipinski definition) is 1. The molecule has 0 aliphatic carbocycles. The summed E-state index contributed by atoms with van der Waals surface area (Å²) in [6.45, 7) is 5.87. The topological polar surface area (TPSA) is 59.5 Å². The number of nitrogens with two attached hydrogens (primary N) is 1. The summed E-state index contributed by atoms with van der Waals surface area (Å²) >= 11 is 0. The van der Waals surface area contributed by atoms with E-state index >= 15 is 0 Å². The van der Waals surface area contributed by atoms with Gasteiger partial charge in [0.15, 0.2) is 0 Å². The van der Waals surface area contributed by atoms with Crippen molar-refractivity contribution in [3.05, 3.63) is 24.2 Å². The molecule has 0 aliphatic heterocycles. The van der Waals surface area contributed by atoms with Crippen LogP contribution in [0.1, 0.15) is 31.9 Å². The van der Waals surface area contributed by atoms with Crippen LogP contribution < -0.4 is 5.73 Å². The molecule has 1 atom stereocenters. The normalized spacial score (nSPS) is 12.4. The Bertz CT molecular complexity index is 305. The molecule has 0 bridgehead atoms. The van der Waals surface area contributed by atoms with E-state index in [2.05, 4.69) is 0 Å². The van der Waals surface area contributed by atoms with E-state index in [0.29, 0.717) is 13.0 Å². The molecular formula is C12H20N2O2. The van der Waals surface area contributed by atoms with Gasteiger partial charge >= 0.3 is 0 Å². The molecule has 0 spiro atoms. The molecule has 1 aromatic heterocycles. The maximum absolute atomic E-state index is 11.9. The number of hydrogen-bond acceptors (Lipinski definition) is 3. The maximum Gasteiger partial charge on any atom is 0.223 e. The summed E-state index contributed by atoms with van der Waals surface area (Å²) < 4.78 is 5.28. The van der Waals surface area contributed by atoms with E-state index in [-0.39, 0.29) is 11.8 Å². The van der Waals surface area contributed by atoms with Crippen LogP contribution in [0.5, 0.6) is 0 Å². The molecule has 0 saturated carbocycles. The zero-order valence-electron chi connectivity index (χ0n) is 9.98. The Hall–Kier alpha value is -1.29. The van der Waals surface area contributed by atoms with E-state index in [4.69, 9.17) is 10.2 Å². The molecule has 0 fully saturated rings. The van der Waals surface area contributed by atoms with E-state index in [1.165, 1.54) is 0 Å². The number of rotatable bonds is 6. The fourth-order valence-corrected chi connectivity index (χ4v) is 1.74. The standard InChI is InChI=1S/C12H20N2O2/c1-3-14(4-2)12(15)8-10(9-13)11-6-5-7-16-11/h5-7,10H,3-4,8-9,13H2,1-2H3. The molecule has 0 aliphatic rings. The van der Waals surface area contributed by atoms with Gasteiger partial charge in [0.25, 0.3) is 0 Å². The molecule has 1 aromatic rings. The third kappa shape index (κ3) is 3.10. The largest absolute Gasteiger partial charge is 0.469 e. The lowest BCUT2D eigenvalue weighted by molar-refractivity contribution is -0.131. The maximum atomic E-state index is 11.9. The second kappa shape index (κ2) is 6.33. The van der Waals surface area contributed by atoms with Crippen molar-refractivity contribution in [3.8, 4) is 0 Å². The zero-order valence-corrected chi connectivity index (χ0v) is 9.98. The first-order chi connectivity index (χ1) is 7.72. The summed E-state index contributed by atoms with van der Waals surface area (Å²) in [5.41, 5.74) is 5.66. The summed E-state index contributed by atoms with van der Waals surface area (Å²) in [5, 5.41) is 0. The third-order valence-electron chi connectivity index (χ3n) is 2.77. The number of carbonyl (C=O) groups excluding carboxylic acids is 1. The smallest absolute Gasteiger partial charge is 0.223 e. The Labute approximate surface area is 96.4 Å². The van der Waals surface area contributed by atoms with E-state index in [9.17, 15) is 4.79 Å². The van der Waals surface area contributed by atoms with Gasteiger partial charge in [-0.25, -0.2) is 0 Å². The molecule has 16 heavy (non-hydrogen) atoms. The van der Waals surface area contributed by atoms with E-state index in [1.54, 1.807) is 6.26 Å². The van der Waals surface area contributed by atoms with Crippen LogP contribution in [0.2, 0.25) is 0 Å². The summed E-state index contributed by atoms with van der Waals surface area (Å²) in [6, 6.07) is 3.69. The molecule has 4 nitrogen and oxygen atoms in total.